The number of ether oxygens (including phenoxy) is 1. The molecule has 1 heterocycles. The number of halogens is 2. The molecule has 1 atom stereocenters. The Bertz CT molecular complexity index is 242. The smallest absolute Gasteiger partial charge is 0.255 e. The van der Waals surface area contributed by atoms with Crippen LogP contribution >= 0.6 is 0 Å². The minimum Gasteiger partial charge on any atom is -0.395 e. The van der Waals surface area contributed by atoms with E-state index < -0.39 is 24.5 Å². The second kappa shape index (κ2) is 5.54. The summed E-state index contributed by atoms with van der Waals surface area (Å²) in [7, 11) is 0. The van der Waals surface area contributed by atoms with Crippen molar-refractivity contribution in [1.82, 2.24) is 4.90 Å². The van der Waals surface area contributed by atoms with E-state index in [-0.39, 0.29) is 13.2 Å². The summed E-state index contributed by atoms with van der Waals surface area (Å²) in [6.07, 6.45) is -1.30. The van der Waals surface area contributed by atoms with Crippen molar-refractivity contribution < 1.29 is 23.4 Å². The fourth-order valence-corrected chi connectivity index (χ4v) is 1.85. The third kappa shape index (κ3) is 3.12. The predicted molar refractivity (Wildman–Crippen MR) is 53.3 cm³/mol. The van der Waals surface area contributed by atoms with Crippen LogP contribution in [0.1, 0.15) is 19.8 Å². The zero-order valence-electron chi connectivity index (χ0n) is 9.29. The molecular weight excluding hydrogens is 220 g/mol. The third-order valence-electron chi connectivity index (χ3n) is 2.69. The number of carbonyl (C=O) groups is 1. The largest absolute Gasteiger partial charge is 0.395 e. The summed E-state index contributed by atoms with van der Waals surface area (Å²) < 4.78 is 29.8. The third-order valence-corrected chi connectivity index (χ3v) is 2.69. The molecule has 0 spiro atoms. The van der Waals surface area contributed by atoms with Gasteiger partial charge >= 0.3 is 0 Å². The fraction of sp³-hybridized carbons (Fsp3) is 0.900. The Labute approximate surface area is 93.2 Å². The van der Waals surface area contributed by atoms with Crippen molar-refractivity contribution >= 4 is 5.91 Å². The van der Waals surface area contributed by atoms with Gasteiger partial charge in [-0.05, 0) is 19.8 Å². The van der Waals surface area contributed by atoms with Crippen molar-refractivity contribution in [1.29, 1.82) is 0 Å². The monoisotopic (exact) mass is 237 g/mol. The van der Waals surface area contributed by atoms with Crippen molar-refractivity contribution in [2.24, 2.45) is 0 Å². The molecule has 0 aromatic rings. The van der Waals surface area contributed by atoms with E-state index >= 15 is 0 Å². The van der Waals surface area contributed by atoms with E-state index in [4.69, 9.17) is 9.84 Å². The minimum atomic E-state index is -2.60. The molecule has 4 nitrogen and oxygen atoms in total. The van der Waals surface area contributed by atoms with Crippen LogP contribution in [0.4, 0.5) is 8.78 Å². The van der Waals surface area contributed by atoms with Gasteiger partial charge in [0.15, 0.2) is 0 Å². The first-order valence-corrected chi connectivity index (χ1v) is 5.32. The van der Waals surface area contributed by atoms with Gasteiger partial charge < -0.3 is 14.7 Å². The van der Waals surface area contributed by atoms with Crippen molar-refractivity contribution in [3.63, 3.8) is 0 Å². The molecule has 1 N–H and O–H groups in total. The number of hydrogen-bond donors (Lipinski definition) is 1. The molecule has 1 aliphatic heterocycles. The quantitative estimate of drug-likeness (QED) is 0.763. The highest BCUT2D eigenvalue weighted by molar-refractivity contribution is 5.85. The number of nitrogens with zero attached hydrogens (tertiary/aromatic N) is 1. The number of aliphatic hydroxyl groups excluding tert-OH is 1. The highest BCUT2D eigenvalue weighted by Gasteiger charge is 2.40. The predicted octanol–water partition coefficient (Wildman–Crippen LogP) is 0.641. The maximum absolute atomic E-state index is 12.3. The van der Waals surface area contributed by atoms with Gasteiger partial charge in [-0.25, -0.2) is 8.78 Å². The molecule has 0 saturated carbocycles. The molecule has 1 unspecified atom stereocenters. The molecule has 1 amide bonds. The summed E-state index contributed by atoms with van der Waals surface area (Å²) in [5.74, 6) is -0.459. The van der Waals surface area contributed by atoms with E-state index in [1.165, 1.54) is 0 Å². The van der Waals surface area contributed by atoms with Crippen molar-refractivity contribution in [2.45, 2.75) is 31.8 Å². The fourth-order valence-electron chi connectivity index (χ4n) is 1.85. The molecule has 0 aliphatic carbocycles. The summed E-state index contributed by atoms with van der Waals surface area (Å²) >= 11 is 0. The topological polar surface area (TPSA) is 49.8 Å². The van der Waals surface area contributed by atoms with Gasteiger partial charge in [0.1, 0.15) is 5.60 Å². The Hall–Kier alpha value is -0.750. The van der Waals surface area contributed by atoms with E-state index in [1.807, 2.05) is 0 Å². The van der Waals surface area contributed by atoms with Crippen LogP contribution in [0.15, 0.2) is 0 Å². The second-order valence-electron chi connectivity index (χ2n) is 4.05. The maximum Gasteiger partial charge on any atom is 0.255 e. The van der Waals surface area contributed by atoms with Gasteiger partial charge in [-0.1, -0.05) is 0 Å². The highest BCUT2D eigenvalue weighted by Crippen LogP contribution is 2.27. The van der Waals surface area contributed by atoms with Crippen LogP contribution in [0.2, 0.25) is 0 Å². The Morgan fingerprint density at radius 3 is 2.75 bits per heavy atom. The van der Waals surface area contributed by atoms with E-state index in [9.17, 15) is 13.6 Å². The Kier molecular flexibility index (Phi) is 4.61. The van der Waals surface area contributed by atoms with Crippen LogP contribution < -0.4 is 0 Å². The van der Waals surface area contributed by atoms with Crippen LogP contribution in [-0.2, 0) is 9.53 Å². The normalized spacial score (nSPS) is 25.1. The second-order valence-corrected chi connectivity index (χ2v) is 4.05. The first-order chi connectivity index (χ1) is 7.49. The first-order valence-electron chi connectivity index (χ1n) is 5.32. The lowest BCUT2D eigenvalue weighted by Crippen LogP contribution is -2.49. The first kappa shape index (κ1) is 13.3. The molecule has 94 valence electrons. The minimum absolute atomic E-state index is 0.0812. The van der Waals surface area contributed by atoms with E-state index in [1.54, 1.807) is 6.92 Å². The molecule has 0 radical (unpaired) electrons. The summed E-state index contributed by atoms with van der Waals surface area (Å²) in [5.41, 5.74) is -0.996. The summed E-state index contributed by atoms with van der Waals surface area (Å²) in [5, 5.41) is 8.75. The molecule has 1 aliphatic rings. The lowest BCUT2D eigenvalue weighted by Gasteiger charge is -2.30. The molecule has 1 rings (SSSR count). The average molecular weight is 237 g/mol. The van der Waals surface area contributed by atoms with Gasteiger partial charge in [0.05, 0.1) is 13.2 Å². The number of alkyl halides is 2. The summed E-state index contributed by atoms with van der Waals surface area (Å²) in [6, 6.07) is 0. The SMILES string of the molecule is CC1(C(=O)N(CCO)CC(F)F)CCCO1. The number of amides is 1. The standard InChI is InChI=1S/C10H17F2NO3/c1-10(3-2-6-16-10)9(15)13(4-5-14)7-8(11)12/h8,14H,2-7H2,1H3. The van der Waals surface area contributed by atoms with Gasteiger partial charge in [-0.3, -0.25) is 4.79 Å². The number of aliphatic hydroxyl groups is 1. The van der Waals surface area contributed by atoms with Crippen LogP contribution in [0.5, 0.6) is 0 Å². The molecule has 1 saturated heterocycles. The maximum atomic E-state index is 12.3. The molecule has 16 heavy (non-hydrogen) atoms. The zero-order chi connectivity index (χ0) is 12.2. The van der Waals surface area contributed by atoms with Crippen molar-refractivity contribution in [3.8, 4) is 0 Å². The lowest BCUT2D eigenvalue weighted by atomic mass is 10.0. The molecule has 0 aromatic heterocycles. The molecule has 6 heteroatoms. The lowest BCUT2D eigenvalue weighted by molar-refractivity contribution is -0.153. The van der Waals surface area contributed by atoms with E-state index in [0.29, 0.717) is 13.0 Å². The zero-order valence-corrected chi connectivity index (χ0v) is 9.29. The summed E-state index contributed by atoms with van der Waals surface area (Å²) in [6.45, 7) is 1.02. The number of carbonyl (C=O) groups excluding carboxylic acids is 1. The van der Waals surface area contributed by atoms with Crippen LogP contribution in [0, 0.1) is 0 Å². The van der Waals surface area contributed by atoms with Gasteiger partial charge in [-0.2, -0.15) is 0 Å². The van der Waals surface area contributed by atoms with Crippen LogP contribution in [-0.4, -0.2) is 54.2 Å². The van der Waals surface area contributed by atoms with Crippen LogP contribution in [0.25, 0.3) is 0 Å². The van der Waals surface area contributed by atoms with Crippen molar-refractivity contribution in [2.75, 3.05) is 26.3 Å². The number of rotatable bonds is 5. The van der Waals surface area contributed by atoms with Gasteiger partial charge in [0.25, 0.3) is 12.3 Å². The van der Waals surface area contributed by atoms with E-state index in [2.05, 4.69) is 0 Å². The molecule has 0 bridgehead atoms. The molecular formula is C10H17F2NO3. The Morgan fingerprint density at radius 2 is 2.31 bits per heavy atom. The van der Waals surface area contributed by atoms with Gasteiger partial charge in [0.2, 0.25) is 0 Å². The van der Waals surface area contributed by atoms with Crippen LogP contribution in [0.3, 0.4) is 0 Å². The Morgan fingerprint density at radius 1 is 1.62 bits per heavy atom. The van der Waals surface area contributed by atoms with Gasteiger partial charge in [-0.15, -0.1) is 0 Å². The summed E-state index contributed by atoms with van der Waals surface area (Å²) in [4.78, 5) is 12.9. The number of hydrogen-bond acceptors (Lipinski definition) is 3. The average Bonchev–Trinajstić information content (AvgIpc) is 2.64. The molecule has 0 aromatic carbocycles. The molecule has 1 fully saturated rings. The van der Waals surface area contributed by atoms with Crippen molar-refractivity contribution in [3.05, 3.63) is 0 Å². The highest BCUT2D eigenvalue weighted by atomic mass is 19.3. The van der Waals surface area contributed by atoms with Gasteiger partial charge in [0, 0.05) is 13.2 Å². The Balaban J connectivity index is 2.65. The van der Waals surface area contributed by atoms with E-state index in [0.717, 1.165) is 11.3 Å².